The molecule has 0 aliphatic carbocycles. The van der Waals surface area contributed by atoms with Gasteiger partial charge in [-0.25, -0.2) is 9.97 Å². The molecule has 1 heterocycles. The Morgan fingerprint density at radius 2 is 1.95 bits per heavy atom. The zero-order valence-corrected chi connectivity index (χ0v) is 15.0. The number of anilines is 1. The Bertz CT molecular complexity index is 616. The minimum Gasteiger partial charge on any atom is -0.378 e. The predicted octanol–water partition coefficient (Wildman–Crippen LogP) is 3.94. The third-order valence-electron chi connectivity index (χ3n) is 3.31. The first kappa shape index (κ1) is 16.2. The van der Waals surface area contributed by atoms with Gasteiger partial charge in [0.1, 0.15) is 5.82 Å². The molecule has 0 aliphatic heterocycles. The van der Waals surface area contributed by atoms with Crippen molar-refractivity contribution in [2.24, 2.45) is 0 Å². The molecule has 2 aromatic rings. The topological polar surface area (TPSA) is 47.0 Å². The maximum Gasteiger partial charge on any atom is 0.161 e. The molecule has 21 heavy (non-hydrogen) atoms. The van der Waals surface area contributed by atoms with E-state index in [1.165, 1.54) is 11.1 Å². The number of benzene rings is 1. The van der Waals surface area contributed by atoms with Crippen molar-refractivity contribution in [1.82, 2.24) is 9.97 Å². The summed E-state index contributed by atoms with van der Waals surface area (Å²) in [5.74, 6) is 1.61. The largest absolute Gasteiger partial charge is 0.378 e. The second-order valence-electron chi connectivity index (χ2n) is 4.92. The highest BCUT2D eigenvalue weighted by molar-refractivity contribution is 14.1. The second-order valence-corrected chi connectivity index (χ2v) is 6.00. The summed E-state index contributed by atoms with van der Waals surface area (Å²) in [6, 6.07) is 6.30. The number of rotatable bonds is 5. The Hall–Kier alpha value is -1.21. The normalized spacial score (nSPS) is 10.7. The molecule has 0 bridgehead atoms. The van der Waals surface area contributed by atoms with Gasteiger partial charge in [-0.05, 0) is 60.6 Å². The molecule has 2 rings (SSSR count). The van der Waals surface area contributed by atoms with Crippen LogP contribution in [0.25, 0.3) is 11.4 Å². The van der Waals surface area contributed by atoms with Crippen LogP contribution in [-0.2, 0) is 11.3 Å². The van der Waals surface area contributed by atoms with Crippen LogP contribution >= 0.6 is 22.6 Å². The molecule has 0 spiro atoms. The van der Waals surface area contributed by atoms with E-state index in [0.717, 1.165) is 33.0 Å². The number of hydrogen-bond acceptors (Lipinski definition) is 4. The number of ether oxygens (including phenoxy) is 1. The first-order chi connectivity index (χ1) is 10.1. The molecule has 0 atom stereocenters. The minimum atomic E-state index is 0.483. The zero-order valence-electron chi connectivity index (χ0n) is 12.8. The average Bonchev–Trinajstić information content (AvgIpc) is 2.46. The maximum absolute atomic E-state index is 5.25. The fourth-order valence-corrected chi connectivity index (χ4v) is 2.61. The molecule has 0 unspecified atom stereocenters. The first-order valence-electron chi connectivity index (χ1n) is 6.93. The number of halogens is 1. The van der Waals surface area contributed by atoms with Gasteiger partial charge >= 0.3 is 0 Å². The van der Waals surface area contributed by atoms with Crippen LogP contribution in [0.4, 0.5) is 5.82 Å². The molecule has 0 fully saturated rings. The second kappa shape index (κ2) is 7.17. The Balaban J connectivity index is 2.53. The van der Waals surface area contributed by atoms with E-state index in [2.05, 4.69) is 76.8 Å². The number of aryl methyl sites for hydroxylation is 2. The molecule has 0 saturated carbocycles. The highest BCUT2D eigenvalue weighted by Crippen LogP contribution is 2.25. The summed E-state index contributed by atoms with van der Waals surface area (Å²) in [7, 11) is 1.68. The SMILES string of the molecule is CCNc1nc(-c2ccc(C)c(C)c2)nc(COC)c1I. The number of nitrogens with zero attached hydrogens (tertiary/aromatic N) is 2. The van der Waals surface area contributed by atoms with Crippen LogP contribution in [0.2, 0.25) is 0 Å². The van der Waals surface area contributed by atoms with E-state index >= 15 is 0 Å². The summed E-state index contributed by atoms with van der Waals surface area (Å²) >= 11 is 2.27. The van der Waals surface area contributed by atoms with Gasteiger partial charge in [-0.15, -0.1) is 0 Å². The Morgan fingerprint density at radius 3 is 2.57 bits per heavy atom. The van der Waals surface area contributed by atoms with Gasteiger partial charge < -0.3 is 10.1 Å². The van der Waals surface area contributed by atoms with Gasteiger partial charge in [-0.2, -0.15) is 0 Å². The maximum atomic E-state index is 5.25. The summed E-state index contributed by atoms with van der Waals surface area (Å²) in [6.07, 6.45) is 0. The van der Waals surface area contributed by atoms with Gasteiger partial charge in [-0.1, -0.05) is 12.1 Å². The van der Waals surface area contributed by atoms with Gasteiger partial charge in [0, 0.05) is 19.2 Å². The molecule has 1 aromatic carbocycles. The average molecular weight is 397 g/mol. The number of aromatic nitrogens is 2. The van der Waals surface area contributed by atoms with Crippen molar-refractivity contribution >= 4 is 28.4 Å². The molecular weight excluding hydrogens is 377 g/mol. The van der Waals surface area contributed by atoms with Crippen LogP contribution in [0.15, 0.2) is 18.2 Å². The third kappa shape index (κ3) is 3.71. The van der Waals surface area contributed by atoms with Crippen molar-refractivity contribution in [1.29, 1.82) is 0 Å². The summed E-state index contributed by atoms with van der Waals surface area (Å²) in [6.45, 7) is 7.58. The molecule has 0 amide bonds. The van der Waals surface area contributed by atoms with E-state index in [0.29, 0.717) is 6.61 Å². The van der Waals surface area contributed by atoms with E-state index in [1.807, 2.05) is 0 Å². The van der Waals surface area contributed by atoms with E-state index in [-0.39, 0.29) is 0 Å². The smallest absolute Gasteiger partial charge is 0.161 e. The lowest BCUT2D eigenvalue weighted by Crippen LogP contribution is -2.08. The minimum absolute atomic E-state index is 0.483. The zero-order chi connectivity index (χ0) is 15.4. The van der Waals surface area contributed by atoms with Crippen LogP contribution in [-0.4, -0.2) is 23.6 Å². The van der Waals surface area contributed by atoms with Crippen molar-refractivity contribution < 1.29 is 4.74 Å². The third-order valence-corrected chi connectivity index (χ3v) is 4.44. The van der Waals surface area contributed by atoms with E-state index < -0.39 is 0 Å². The van der Waals surface area contributed by atoms with Crippen LogP contribution < -0.4 is 5.32 Å². The van der Waals surface area contributed by atoms with E-state index in [4.69, 9.17) is 4.74 Å². The number of nitrogens with one attached hydrogen (secondary N) is 1. The van der Waals surface area contributed by atoms with Gasteiger partial charge in [0.2, 0.25) is 0 Å². The summed E-state index contributed by atoms with van der Waals surface area (Å²) in [5, 5.41) is 3.30. The Morgan fingerprint density at radius 1 is 1.19 bits per heavy atom. The molecular formula is C16H20IN3O. The number of methoxy groups -OCH3 is 1. The summed E-state index contributed by atoms with van der Waals surface area (Å²) in [4.78, 5) is 9.32. The summed E-state index contributed by atoms with van der Waals surface area (Å²) < 4.78 is 6.27. The van der Waals surface area contributed by atoms with Gasteiger partial charge in [0.15, 0.2) is 5.82 Å². The van der Waals surface area contributed by atoms with Crippen molar-refractivity contribution in [3.05, 3.63) is 38.6 Å². The van der Waals surface area contributed by atoms with Crippen LogP contribution in [0.1, 0.15) is 23.7 Å². The van der Waals surface area contributed by atoms with Crippen molar-refractivity contribution in [2.75, 3.05) is 19.0 Å². The van der Waals surface area contributed by atoms with Gasteiger partial charge in [0.05, 0.1) is 15.9 Å². The van der Waals surface area contributed by atoms with Gasteiger partial charge in [0.25, 0.3) is 0 Å². The van der Waals surface area contributed by atoms with E-state index in [1.54, 1.807) is 7.11 Å². The standard InChI is InChI=1S/C16H20IN3O/c1-5-18-16-14(17)13(9-21-4)19-15(20-16)12-7-6-10(2)11(3)8-12/h6-8H,5,9H2,1-4H3,(H,18,19,20). The van der Waals surface area contributed by atoms with Crippen LogP contribution in [0.3, 0.4) is 0 Å². The van der Waals surface area contributed by atoms with Crippen molar-refractivity contribution in [3.63, 3.8) is 0 Å². The molecule has 0 saturated heterocycles. The molecule has 0 radical (unpaired) electrons. The predicted molar refractivity (Wildman–Crippen MR) is 94.5 cm³/mol. The lowest BCUT2D eigenvalue weighted by Gasteiger charge is -2.12. The molecule has 1 aromatic heterocycles. The molecule has 0 aliphatic rings. The van der Waals surface area contributed by atoms with Crippen LogP contribution in [0, 0.1) is 17.4 Å². The number of hydrogen-bond donors (Lipinski definition) is 1. The first-order valence-corrected chi connectivity index (χ1v) is 8.01. The lowest BCUT2D eigenvalue weighted by molar-refractivity contribution is 0.181. The monoisotopic (exact) mass is 397 g/mol. The molecule has 112 valence electrons. The lowest BCUT2D eigenvalue weighted by atomic mass is 10.1. The van der Waals surface area contributed by atoms with Gasteiger partial charge in [-0.3, -0.25) is 0 Å². The fourth-order valence-electron chi connectivity index (χ4n) is 2.02. The highest BCUT2D eigenvalue weighted by atomic mass is 127. The Labute approximate surface area is 139 Å². The molecule has 4 nitrogen and oxygen atoms in total. The van der Waals surface area contributed by atoms with E-state index in [9.17, 15) is 0 Å². The molecule has 5 heteroatoms. The van der Waals surface area contributed by atoms with Crippen molar-refractivity contribution in [3.8, 4) is 11.4 Å². The van der Waals surface area contributed by atoms with Crippen LogP contribution in [0.5, 0.6) is 0 Å². The summed E-state index contributed by atoms with van der Waals surface area (Å²) in [5.41, 5.74) is 4.46. The van der Waals surface area contributed by atoms with Crippen molar-refractivity contribution in [2.45, 2.75) is 27.4 Å². The molecule has 1 N–H and O–H groups in total. The quantitative estimate of drug-likeness (QED) is 0.777. The fraction of sp³-hybridized carbons (Fsp3) is 0.375. The Kier molecular flexibility index (Phi) is 5.52. The highest BCUT2D eigenvalue weighted by Gasteiger charge is 2.13.